The molecule has 5 rings (SSSR count). The van der Waals surface area contributed by atoms with Gasteiger partial charge in [0.2, 0.25) is 0 Å². The lowest BCUT2D eigenvalue weighted by atomic mass is 9.86. The minimum absolute atomic E-state index is 0.0328. The van der Waals surface area contributed by atoms with E-state index >= 15 is 0 Å². The van der Waals surface area contributed by atoms with Crippen molar-refractivity contribution in [2.24, 2.45) is 0 Å². The molecule has 2 atom stereocenters. The maximum Gasteiger partial charge on any atom is 0.433 e. The molecule has 1 aromatic carbocycles. The summed E-state index contributed by atoms with van der Waals surface area (Å²) in [4.78, 5) is 20.5. The van der Waals surface area contributed by atoms with Gasteiger partial charge in [-0.15, -0.1) is 0 Å². The minimum Gasteiger partial charge on any atom is -0.496 e. The molecule has 4 heterocycles. The number of hydrogen-bond acceptors (Lipinski definition) is 4. The van der Waals surface area contributed by atoms with Crippen molar-refractivity contribution >= 4 is 5.91 Å². The Morgan fingerprint density at radius 1 is 1.18 bits per heavy atom. The number of fused-ring (bicyclic) bond motifs is 2. The third-order valence-corrected chi connectivity index (χ3v) is 5.36. The predicted molar refractivity (Wildman–Crippen MR) is 95.9 cm³/mol. The van der Waals surface area contributed by atoms with Crippen LogP contribution < -0.4 is 4.74 Å². The summed E-state index contributed by atoms with van der Waals surface area (Å²) >= 11 is 0. The van der Waals surface area contributed by atoms with Gasteiger partial charge < -0.3 is 9.64 Å². The lowest BCUT2D eigenvalue weighted by Gasteiger charge is -2.56. The summed E-state index contributed by atoms with van der Waals surface area (Å²) in [5.74, 6) is 0.528. The number of pyridine rings is 1. The molecule has 2 aromatic rings. The van der Waals surface area contributed by atoms with Crippen molar-refractivity contribution in [3.8, 4) is 5.75 Å². The van der Waals surface area contributed by atoms with E-state index in [9.17, 15) is 18.0 Å². The fourth-order valence-electron chi connectivity index (χ4n) is 4.06. The van der Waals surface area contributed by atoms with Gasteiger partial charge in [0.25, 0.3) is 5.91 Å². The fourth-order valence-corrected chi connectivity index (χ4v) is 4.06. The molecule has 3 aliphatic heterocycles. The Balaban J connectivity index is 1.40. The van der Waals surface area contributed by atoms with Gasteiger partial charge in [-0.1, -0.05) is 18.2 Å². The Bertz CT molecular complexity index is 858. The molecule has 0 radical (unpaired) electrons. The SMILES string of the molecule is COc1ccccc1C(=O)N1C2CC1CN(Cc1ccc(C(F)(F)F)nc1)C2. The first-order valence-corrected chi connectivity index (χ1v) is 9.07. The summed E-state index contributed by atoms with van der Waals surface area (Å²) in [5.41, 5.74) is 0.406. The molecule has 0 N–H and O–H groups in total. The Labute approximate surface area is 160 Å². The number of ether oxygens (including phenoxy) is 1. The third-order valence-electron chi connectivity index (χ3n) is 5.36. The Kier molecular flexibility index (Phi) is 4.74. The molecule has 3 saturated heterocycles. The first-order chi connectivity index (χ1) is 13.4. The number of aromatic nitrogens is 1. The number of halogens is 3. The molecule has 3 aliphatic rings. The van der Waals surface area contributed by atoms with Gasteiger partial charge in [-0.25, -0.2) is 0 Å². The summed E-state index contributed by atoms with van der Waals surface area (Å²) in [5, 5.41) is 0. The number of para-hydroxylation sites is 1. The van der Waals surface area contributed by atoms with Crippen LogP contribution in [-0.4, -0.2) is 53.0 Å². The summed E-state index contributed by atoms with van der Waals surface area (Å²) in [6, 6.07) is 9.87. The molecule has 1 aromatic heterocycles. The number of alkyl halides is 3. The average Bonchev–Trinajstić information content (AvgIpc) is 2.67. The molecule has 0 saturated carbocycles. The second-order valence-electron chi connectivity index (χ2n) is 7.20. The Hall–Kier alpha value is -2.61. The van der Waals surface area contributed by atoms with Crippen molar-refractivity contribution in [3.05, 3.63) is 59.4 Å². The summed E-state index contributed by atoms with van der Waals surface area (Å²) in [6.45, 7) is 1.91. The van der Waals surface area contributed by atoms with Gasteiger partial charge in [0.05, 0.1) is 12.7 Å². The highest BCUT2D eigenvalue weighted by Gasteiger charge is 2.47. The second kappa shape index (κ2) is 7.09. The van der Waals surface area contributed by atoms with Crippen molar-refractivity contribution in [1.82, 2.24) is 14.8 Å². The number of rotatable bonds is 4. The molecule has 0 spiro atoms. The van der Waals surface area contributed by atoms with Crippen LogP contribution in [0.4, 0.5) is 13.2 Å². The monoisotopic (exact) mass is 391 g/mol. The van der Waals surface area contributed by atoms with Gasteiger partial charge >= 0.3 is 6.18 Å². The first-order valence-electron chi connectivity index (χ1n) is 9.07. The number of carbonyl (C=O) groups excluding carboxylic acids is 1. The van der Waals surface area contributed by atoms with E-state index in [1.165, 1.54) is 12.3 Å². The van der Waals surface area contributed by atoms with Crippen molar-refractivity contribution in [2.75, 3.05) is 20.2 Å². The van der Waals surface area contributed by atoms with Crippen molar-refractivity contribution < 1.29 is 22.7 Å². The topological polar surface area (TPSA) is 45.7 Å². The standard InChI is InChI=1S/C20H20F3N3O2/c1-28-17-5-3-2-4-16(17)19(27)26-14-8-15(26)12-25(11-14)10-13-6-7-18(24-9-13)20(21,22)23/h2-7,9,14-15H,8,10-12H2,1H3. The molecule has 2 bridgehead atoms. The quantitative estimate of drug-likeness (QED) is 0.803. The van der Waals surface area contributed by atoms with Crippen LogP contribution in [0.15, 0.2) is 42.6 Å². The molecule has 8 heteroatoms. The van der Waals surface area contributed by atoms with Crippen LogP contribution in [0.25, 0.3) is 0 Å². The molecule has 148 valence electrons. The largest absolute Gasteiger partial charge is 0.496 e. The minimum atomic E-state index is -4.43. The zero-order valence-electron chi connectivity index (χ0n) is 15.3. The van der Waals surface area contributed by atoms with Gasteiger partial charge in [0.15, 0.2) is 0 Å². The molecular formula is C20H20F3N3O2. The van der Waals surface area contributed by atoms with Crippen LogP contribution in [0.1, 0.15) is 28.0 Å². The fraction of sp³-hybridized carbons (Fsp3) is 0.400. The molecule has 0 aliphatic carbocycles. The smallest absolute Gasteiger partial charge is 0.433 e. The van der Waals surface area contributed by atoms with E-state index in [-0.39, 0.29) is 18.0 Å². The summed E-state index contributed by atoms with van der Waals surface area (Å²) in [7, 11) is 1.54. The van der Waals surface area contributed by atoms with Gasteiger partial charge in [-0.05, 0) is 30.2 Å². The normalized spacial score (nSPS) is 21.9. The van der Waals surface area contributed by atoms with Gasteiger partial charge in [0, 0.05) is 37.9 Å². The van der Waals surface area contributed by atoms with E-state index < -0.39 is 11.9 Å². The van der Waals surface area contributed by atoms with Crippen molar-refractivity contribution in [2.45, 2.75) is 31.2 Å². The number of hydrogen-bond donors (Lipinski definition) is 0. The van der Waals surface area contributed by atoms with E-state index in [4.69, 9.17) is 4.74 Å². The maximum absolute atomic E-state index is 12.9. The number of methoxy groups -OCH3 is 1. The number of carbonyl (C=O) groups is 1. The zero-order chi connectivity index (χ0) is 19.9. The highest BCUT2D eigenvalue weighted by molar-refractivity contribution is 5.98. The van der Waals surface area contributed by atoms with E-state index in [2.05, 4.69) is 9.88 Å². The highest BCUT2D eigenvalue weighted by atomic mass is 19.4. The lowest BCUT2D eigenvalue weighted by Crippen LogP contribution is -2.69. The maximum atomic E-state index is 12.9. The average molecular weight is 391 g/mol. The van der Waals surface area contributed by atoms with Gasteiger partial charge in [-0.2, -0.15) is 13.2 Å². The molecule has 2 unspecified atom stereocenters. The lowest BCUT2D eigenvalue weighted by molar-refractivity contribution is -0.141. The second-order valence-corrected chi connectivity index (χ2v) is 7.20. The van der Waals surface area contributed by atoms with Gasteiger partial charge in [0.1, 0.15) is 11.4 Å². The number of piperazine rings is 1. The number of piperidine rings is 1. The first kappa shape index (κ1) is 18.7. The van der Waals surface area contributed by atoms with Gasteiger partial charge in [-0.3, -0.25) is 14.7 Å². The van der Waals surface area contributed by atoms with Crippen LogP contribution in [0.3, 0.4) is 0 Å². The van der Waals surface area contributed by atoms with Crippen LogP contribution in [0, 0.1) is 0 Å². The molecule has 5 nitrogen and oxygen atoms in total. The van der Waals surface area contributed by atoms with Crippen LogP contribution >= 0.6 is 0 Å². The van der Waals surface area contributed by atoms with Crippen molar-refractivity contribution in [3.63, 3.8) is 0 Å². The van der Waals surface area contributed by atoms with Crippen LogP contribution in [0.5, 0.6) is 5.75 Å². The van der Waals surface area contributed by atoms with E-state index in [1.54, 1.807) is 19.2 Å². The third kappa shape index (κ3) is 3.44. The number of nitrogens with zero attached hydrogens (tertiary/aromatic N) is 3. The summed E-state index contributed by atoms with van der Waals surface area (Å²) in [6.07, 6.45) is -2.20. The van der Waals surface area contributed by atoms with Crippen LogP contribution in [0.2, 0.25) is 0 Å². The molecule has 3 fully saturated rings. The molecule has 28 heavy (non-hydrogen) atoms. The Morgan fingerprint density at radius 3 is 2.50 bits per heavy atom. The zero-order valence-corrected chi connectivity index (χ0v) is 15.3. The molecule has 1 amide bonds. The predicted octanol–water partition coefficient (Wildman–Crippen LogP) is 3.21. The number of benzene rings is 1. The Morgan fingerprint density at radius 2 is 1.89 bits per heavy atom. The van der Waals surface area contributed by atoms with Crippen LogP contribution in [-0.2, 0) is 12.7 Å². The molecular weight excluding hydrogens is 371 g/mol. The van der Waals surface area contributed by atoms with Crippen molar-refractivity contribution in [1.29, 1.82) is 0 Å². The summed E-state index contributed by atoms with van der Waals surface area (Å²) < 4.78 is 43.2. The van der Waals surface area contributed by atoms with E-state index in [1.807, 2.05) is 17.0 Å². The van der Waals surface area contributed by atoms with E-state index in [0.29, 0.717) is 30.9 Å². The number of amides is 1. The van der Waals surface area contributed by atoms with E-state index in [0.717, 1.165) is 18.1 Å². The highest BCUT2D eigenvalue weighted by Crippen LogP contribution is 2.36.